The predicted molar refractivity (Wildman–Crippen MR) is 147 cm³/mol. The molecule has 0 amide bonds. The van der Waals surface area contributed by atoms with Crippen LogP contribution in [-0.2, 0) is 0 Å². The molecule has 0 fully saturated rings. The van der Waals surface area contributed by atoms with Gasteiger partial charge in [-0.1, -0.05) is 24.3 Å². The SMILES string of the molecule is COc1ccc(C(=O)/C(=C(/C(=O)c2ccc(OC)cc2)c2ccc(OC)cc2)c2ccc(OC)cc2)cc1. The number of hydrogen-bond donors (Lipinski definition) is 0. The molecule has 0 atom stereocenters. The summed E-state index contributed by atoms with van der Waals surface area (Å²) >= 11 is 0. The summed E-state index contributed by atoms with van der Waals surface area (Å²) in [5.74, 6) is 1.92. The zero-order valence-corrected chi connectivity index (χ0v) is 21.7. The van der Waals surface area contributed by atoms with Crippen molar-refractivity contribution in [3.05, 3.63) is 119 Å². The van der Waals surface area contributed by atoms with E-state index in [4.69, 9.17) is 18.9 Å². The molecule has 0 radical (unpaired) electrons. The van der Waals surface area contributed by atoms with E-state index in [1.807, 2.05) is 0 Å². The van der Waals surface area contributed by atoms with Crippen molar-refractivity contribution in [2.75, 3.05) is 28.4 Å². The molecule has 0 N–H and O–H groups in total. The fourth-order valence-corrected chi connectivity index (χ4v) is 4.07. The standard InChI is InChI=1S/C32H28O6/c1-35-25-13-5-21(6-14-25)29(31(33)23-9-17-27(37-3)18-10-23)30(22-7-15-26(36-2)16-8-22)32(34)24-11-19-28(38-4)20-12-24/h5-20H,1-4H3/b30-29+. The molecule has 0 bridgehead atoms. The molecule has 6 nitrogen and oxygen atoms in total. The first-order chi connectivity index (χ1) is 18.5. The lowest BCUT2D eigenvalue weighted by molar-refractivity contribution is 0.103. The third kappa shape index (κ3) is 5.60. The minimum absolute atomic E-state index is 0.267. The molecule has 0 aliphatic rings. The van der Waals surface area contributed by atoms with Crippen LogP contribution >= 0.6 is 0 Å². The van der Waals surface area contributed by atoms with Crippen molar-refractivity contribution in [2.24, 2.45) is 0 Å². The number of rotatable bonds is 10. The highest BCUT2D eigenvalue weighted by atomic mass is 16.5. The summed E-state index contributed by atoms with van der Waals surface area (Å²) in [6, 6.07) is 27.8. The number of ether oxygens (including phenoxy) is 4. The maximum atomic E-state index is 14.1. The lowest BCUT2D eigenvalue weighted by atomic mass is 9.85. The molecule has 38 heavy (non-hydrogen) atoms. The molecule has 0 aliphatic heterocycles. The van der Waals surface area contributed by atoms with Gasteiger partial charge in [-0.3, -0.25) is 9.59 Å². The van der Waals surface area contributed by atoms with E-state index in [1.54, 1.807) is 126 Å². The summed E-state index contributed by atoms with van der Waals surface area (Å²) < 4.78 is 21.2. The summed E-state index contributed by atoms with van der Waals surface area (Å²) in [6.45, 7) is 0. The van der Waals surface area contributed by atoms with E-state index in [0.29, 0.717) is 45.3 Å². The molecular formula is C32H28O6. The lowest BCUT2D eigenvalue weighted by Gasteiger charge is -2.17. The first-order valence-electron chi connectivity index (χ1n) is 11.9. The van der Waals surface area contributed by atoms with Crippen LogP contribution in [0.4, 0.5) is 0 Å². The second kappa shape index (κ2) is 11.9. The van der Waals surface area contributed by atoms with Crippen molar-refractivity contribution in [1.29, 1.82) is 0 Å². The fraction of sp³-hybridized carbons (Fsp3) is 0.125. The van der Waals surface area contributed by atoms with Crippen molar-refractivity contribution in [1.82, 2.24) is 0 Å². The number of hydrogen-bond acceptors (Lipinski definition) is 6. The highest BCUT2D eigenvalue weighted by Crippen LogP contribution is 2.34. The molecule has 0 aliphatic carbocycles. The quantitative estimate of drug-likeness (QED) is 0.140. The second-order valence-corrected chi connectivity index (χ2v) is 8.32. The first kappa shape index (κ1) is 26.2. The Kier molecular flexibility index (Phi) is 8.23. The van der Waals surface area contributed by atoms with Gasteiger partial charge in [-0.05, 0) is 83.9 Å². The van der Waals surface area contributed by atoms with E-state index in [9.17, 15) is 9.59 Å². The molecule has 0 unspecified atom stereocenters. The number of ketones is 2. The van der Waals surface area contributed by atoms with Crippen molar-refractivity contribution in [3.8, 4) is 23.0 Å². The van der Waals surface area contributed by atoms with Gasteiger partial charge in [0.15, 0.2) is 11.6 Å². The molecule has 4 aromatic carbocycles. The molecule has 192 valence electrons. The van der Waals surface area contributed by atoms with E-state index in [-0.39, 0.29) is 22.7 Å². The topological polar surface area (TPSA) is 71.1 Å². The van der Waals surface area contributed by atoms with Gasteiger partial charge in [0, 0.05) is 22.3 Å². The van der Waals surface area contributed by atoms with E-state index < -0.39 is 0 Å². The Bertz CT molecular complexity index is 1320. The third-order valence-electron chi connectivity index (χ3n) is 6.17. The van der Waals surface area contributed by atoms with Gasteiger partial charge in [0.25, 0.3) is 0 Å². The van der Waals surface area contributed by atoms with Crippen LogP contribution in [0.1, 0.15) is 31.8 Å². The minimum Gasteiger partial charge on any atom is -0.497 e. The van der Waals surface area contributed by atoms with Crippen molar-refractivity contribution in [2.45, 2.75) is 0 Å². The van der Waals surface area contributed by atoms with Gasteiger partial charge in [-0.25, -0.2) is 0 Å². The van der Waals surface area contributed by atoms with Gasteiger partial charge in [0.1, 0.15) is 23.0 Å². The maximum Gasteiger partial charge on any atom is 0.194 e. The Morgan fingerprint density at radius 2 is 0.579 bits per heavy atom. The van der Waals surface area contributed by atoms with E-state index in [2.05, 4.69) is 0 Å². The van der Waals surface area contributed by atoms with Crippen LogP contribution in [0.3, 0.4) is 0 Å². The first-order valence-corrected chi connectivity index (χ1v) is 11.9. The lowest BCUT2D eigenvalue weighted by Crippen LogP contribution is -2.12. The summed E-state index contributed by atoms with van der Waals surface area (Å²) in [4.78, 5) is 28.3. The van der Waals surface area contributed by atoms with Crippen LogP contribution in [-0.4, -0.2) is 40.0 Å². The highest BCUT2D eigenvalue weighted by Gasteiger charge is 2.26. The van der Waals surface area contributed by atoms with Gasteiger partial charge < -0.3 is 18.9 Å². The van der Waals surface area contributed by atoms with Crippen LogP contribution in [0.15, 0.2) is 97.1 Å². The van der Waals surface area contributed by atoms with Gasteiger partial charge in [-0.15, -0.1) is 0 Å². The van der Waals surface area contributed by atoms with Crippen LogP contribution in [0.2, 0.25) is 0 Å². The van der Waals surface area contributed by atoms with Crippen LogP contribution in [0.25, 0.3) is 11.1 Å². The summed E-state index contributed by atoms with van der Waals surface area (Å²) in [6.07, 6.45) is 0. The number of allylic oxidation sites excluding steroid dienone is 2. The van der Waals surface area contributed by atoms with Crippen molar-refractivity contribution < 1.29 is 28.5 Å². The zero-order valence-electron chi connectivity index (χ0n) is 21.7. The molecule has 0 spiro atoms. The molecule has 0 heterocycles. The summed E-state index contributed by atoms with van der Waals surface area (Å²) in [5, 5.41) is 0. The molecule has 6 heteroatoms. The molecule has 0 saturated heterocycles. The Labute approximate surface area is 222 Å². The second-order valence-electron chi connectivity index (χ2n) is 8.32. The van der Waals surface area contributed by atoms with Gasteiger partial charge >= 0.3 is 0 Å². The average Bonchev–Trinajstić information content (AvgIpc) is 2.99. The van der Waals surface area contributed by atoms with E-state index in [0.717, 1.165) is 0 Å². The monoisotopic (exact) mass is 508 g/mol. The number of methoxy groups -OCH3 is 4. The van der Waals surface area contributed by atoms with E-state index in [1.165, 1.54) is 0 Å². The predicted octanol–water partition coefficient (Wildman–Crippen LogP) is 6.40. The Hall–Kier alpha value is -4.84. The normalized spacial score (nSPS) is 11.3. The van der Waals surface area contributed by atoms with Gasteiger partial charge in [-0.2, -0.15) is 0 Å². The minimum atomic E-state index is -0.300. The Morgan fingerprint density at radius 3 is 0.789 bits per heavy atom. The molecule has 0 aromatic heterocycles. The largest absolute Gasteiger partial charge is 0.497 e. The number of carbonyl (C=O) groups is 2. The van der Waals surface area contributed by atoms with Gasteiger partial charge in [0.05, 0.1) is 28.4 Å². The number of Topliss-reactive ketones (excluding diaryl/α,β-unsaturated/α-hetero) is 2. The summed E-state index contributed by atoms with van der Waals surface area (Å²) in [5.41, 5.74) is 2.54. The smallest absolute Gasteiger partial charge is 0.194 e. The third-order valence-corrected chi connectivity index (χ3v) is 6.17. The summed E-state index contributed by atoms with van der Waals surface area (Å²) in [7, 11) is 6.28. The molecule has 4 rings (SSSR count). The average molecular weight is 509 g/mol. The maximum absolute atomic E-state index is 14.1. The molecule has 4 aromatic rings. The molecule has 0 saturated carbocycles. The van der Waals surface area contributed by atoms with Crippen molar-refractivity contribution >= 4 is 22.7 Å². The Balaban J connectivity index is 2.00. The van der Waals surface area contributed by atoms with Crippen LogP contribution in [0.5, 0.6) is 23.0 Å². The Morgan fingerprint density at radius 1 is 0.368 bits per heavy atom. The van der Waals surface area contributed by atoms with Crippen molar-refractivity contribution in [3.63, 3.8) is 0 Å². The fourth-order valence-electron chi connectivity index (χ4n) is 4.07. The van der Waals surface area contributed by atoms with Crippen LogP contribution < -0.4 is 18.9 Å². The number of benzene rings is 4. The number of carbonyl (C=O) groups excluding carboxylic acids is 2. The van der Waals surface area contributed by atoms with Gasteiger partial charge in [0.2, 0.25) is 0 Å². The molecular weight excluding hydrogens is 480 g/mol. The van der Waals surface area contributed by atoms with Crippen LogP contribution in [0, 0.1) is 0 Å². The van der Waals surface area contributed by atoms with E-state index >= 15 is 0 Å². The highest BCUT2D eigenvalue weighted by molar-refractivity contribution is 6.46. The zero-order chi connectivity index (χ0) is 27.1.